The van der Waals surface area contributed by atoms with E-state index in [0.29, 0.717) is 41.8 Å². The lowest BCUT2D eigenvalue weighted by Crippen LogP contribution is -2.42. The van der Waals surface area contributed by atoms with Crippen molar-refractivity contribution in [3.05, 3.63) is 53.1 Å². The van der Waals surface area contributed by atoms with Gasteiger partial charge in [0.05, 0.1) is 34.6 Å². The number of nitriles is 1. The van der Waals surface area contributed by atoms with Gasteiger partial charge < -0.3 is 24.5 Å². The van der Waals surface area contributed by atoms with Crippen LogP contribution < -0.4 is 0 Å². The van der Waals surface area contributed by atoms with E-state index in [2.05, 4.69) is 39.9 Å². The van der Waals surface area contributed by atoms with Crippen LogP contribution >= 0.6 is 0 Å². The van der Waals surface area contributed by atoms with E-state index in [0.717, 1.165) is 10.8 Å². The lowest BCUT2D eigenvalue weighted by molar-refractivity contribution is -0.107. The molecule has 5 rings (SSSR count). The normalized spacial score (nSPS) is 25.3. The van der Waals surface area contributed by atoms with Gasteiger partial charge in [0.25, 0.3) is 0 Å². The molecule has 8 heteroatoms. The Morgan fingerprint density at radius 1 is 1.11 bits per heavy atom. The molecular formula is C28H34N2O5Si. The summed E-state index contributed by atoms with van der Waals surface area (Å²) in [7, 11) is -2.01. The number of ether oxygens (including phenoxy) is 1. The van der Waals surface area contributed by atoms with Crippen LogP contribution in [0.1, 0.15) is 57.2 Å². The number of aliphatic hydroxyl groups is 1. The van der Waals surface area contributed by atoms with Gasteiger partial charge in [-0.3, -0.25) is 4.57 Å². The third-order valence-corrected chi connectivity index (χ3v) is 13.2. The van der Waals surface area contributed by atoms with Gasteiger partial charge in [-0.25, -0.2) is 0 Å². The van der Waals surface area contributed by atoms with E-state index in [1.807, 2.05) is 24.3 Å². The SMILES string of the molecule is CC12O[C@](CCO[Si](C)(C)C(C)(C)C)(CC1O)c1c2c(O)n(-c2ccc(C#N)c3ccccc23)c1O. The Balaban J connectivity index is 1.63. The summed E-state index contributed by atoms with van der Waals surface area (Å²) in [6, 6.07) is 13.0. The molecule has 1 saturated heterocycles. The molecule has 0 spiro atoms. The van der Waals surface area contributed by atoms with E-state index < -0.39 is 25.6 Å². The largest absolute Gasteiger partial charge is 0.494 e. The quantitative estimate of drug-likeness (QED) is 0.393. The van der Waals surface area contributed by atoms with Gasteiger partial charge in [0.1, 0.15) is 11.2 Å². The number of rotatable bonds is 5. The average molecular weight is 507 g/mol. The van der Waals surface area contributed by atoms with Gasteiger partial charge in [-0.15, -0.1) is 0 Å². The standard InChI is InChI=1S/C28H34N2O5Si/c1-26(2,3)36(5,6)34-14-13-28-15-21(31)27(4,35-28)22-23(28)25(33)30(24(22)32)20-12-11-17(16-29)18-9-7-8-10-19(18)20/h7-12,21,31-33H,13-15H2,1-6H3/t21?,27?,28-/m1/s1. The van der Waals surface area contributed by atoms with Crippen LogP contribution in [-0.4, -0.2) is 40.9 Å². The van der Waals surface area contributed by atoms with Crippen molar-refractivity contribution in [3.8, 4) is 23.5 Å². The second-order valence-electron chi connectivity index (χ2n) is 11.8. The molecule has 1 aromatic heterocycles. The maximum absolute atomic E-state index is 11.6. The maximum atomic E-state index is 11.6. The Labute approximate surface area is 212 Å². The number of aromatic hydroxyl groups is 2. The van der Waals surface area contributed by atoms with Crippen LogP contribution in [0.25, 0.3) is 16.5 Å². The fourth-order valence-electron chi connectivity index (χ4n) is 5.61. The molecule has 2 aromatic carbocycles. The first-order valence-electron chi connectivity index (χ1n) is 12.4. The molecule has 3 atom stereocenters. The lowest BCUT2D eigenvalue weighted by atomic mass is 9.76. The number of aliphatic hydroxyl groups excluding tert-OH is 1. The van der Waals surface area contributed by atoms with Gasteiger partial charge in [0.2, 0.25) is 11.8 Å². The van der Waals surface area contributed by atoms with E-state index in [1.165, 1.54) is 4.57 Å². The molecule has 3 heterocycles. The van der Waals surface area contributed by atoms with Gasteiger partial charge >= 0.3 is 0 Å². The van der Waals surface area contributed by atoms with Crippen LogP contribution in [-0.2, 0) is 20.4 Å². The number of aromatic nitrogens is 1. The molecule has 36 heavy (non-hydrogen) atoms. The summed E-state index contributed by atoms with van der Waals surface area (Å²) >= 11 is 0. The molecule has 0 amide bonds. The number of nitrogens with zero attached hydrogens (tertiary/aromatic N) is 2. The number of fused-ring (bicyclic) bond motifs is 6. The highest BCUT2D eigenvalue weighted by atomic mass is 28.4. The molecule has 7 nitrogen and oxygen atoms in total. The van der Waals surface area contributed by atoms with Crippen LogP contribution in [0.2, 0.25) is 18.1 Å². The first kappa shape index (κ1) is 24.8. The van der Waals surface area contributed by atoms with Crippen LogP contribution in [0, 0.1) is 11.3 Å². The van der Waals surface area contributed by atoms with Crippen LogP contribution in [0.4, 0.5) is 0 Å². The van der Waals surface area contributed by atoms with E-state index >= 15 is 0 Å². The predicted molar refractivity (Wildman–Crippen MR) is 140 cm³/mol. The van der Waals surface area contributed by atoms with E-state index in [4.69, 9.17) is 9.16 Å². The summed E-state index contributed by atoms with van der Waals surface area (Å²) in [5.74, 6) is -0.272. The molecule has 2 aliphatic heterocycles. The Bertz CT molecular complexity index is 1420. The van der Waals surface area contributed by atoms with Gasteiger partial charge in [0.15, 0.2) is 8.32 Å². The molecule has 2 bridgehead atoms. The average Bonchev–Trinajstić information content (AvgIpc) is 3.33. The van der Waals surface area contributed by atoms with Gasteiger partial charge in [-0.2, -0.15) is 5.26 Å². The van der Waals surface area contributed by atoms with E-state index in [9.17, 15) is 20.6 Å². The first-order valence-corrected chi connectivity index (χ1v) is 15.3. The van der Waals surface area contributed by atoms with Crippen molar-refractivity contribution in [1.82, 2.24) is 4.57 Å². The topological polar surface area (TPSA) is 108 Å². The van der Waals surface area contributed by atoms with Gasteiger partial charge in [-0.05, 0) is 37.2 Å². The predicted octanol–water partition coefficient (Wildman–Crippen LogP) is 5.53. The molecule has 0 aliphatic carbocycles. The van der Waals surface area contributed by atoms with Crippen molar-refractivity contribution in [1.29, 1.82) is 5.26 Å². The molecule has 2 unspecified atom stereocenters. The van der Waals surface area contributed by atoms with E-state index in [1.54, 1.807) is 19.1 Å². The molecule has 3 N–H and O–H groups in total. The van der Waals surface area contributed by atoms with Crippen molar-refractivity contribution in [3.63, 3.8) is 0 Å². The Morgan fingerprint density at radius 3 is 2.39 bits per heavy atom. The third kappa shape index (κ3) is 3.27. The zero-order valence-corrected chi connectivity index (χ0v) is 22.7. The van der Waals surface area contributed by atoms with Crippen molar-refractivity contribution in [2.24, 2.45) is 0 Å². The Kier molecular flexibility index (Phi) is 5.40. The molecule has 3 aromatic rings. The maximum Gasteiger partial charge on any atom is 0.205 e. The number of hydrogen-bond acceptors (Lipinski definition) is 6. The third-order valence-electron chi connectivity index (χ3n) is 8.68. The van der Waals surface area contributed by atoms with Crippen molar-refractivity contribution in [2.75, 3.05) is 6.61 Å². The second-order valence-corrected chi connectivity index (χ2v) is 16.6. The van der Waals surface area contributed by atoms with Gasteiger partial charge in [0, 0.05) is 30.2 Å². The molecule has 2 aliphatic rings. The summed E-state index contributed by atoms with van der Waals surface area (Å²) in [5, 5.41) is 45.1. The minimum absolute atomic E-state index is 0.0520. The van der Waals surface area contributed by atoms with Crippen LogP contribution in [0.3, 0.4) is 0 Å². The van der Waals surface area contributed by atoms with Crippen LogP contribution in [0.5, 0.6) is 11.8 Å². The highest BCUT2D eigenvalue weighted by Crippen LogP contribution is 2.65. The minimum Gasteiger partial charge on any atom is -0.494 e. The summed E-state index contributed by atoms with van der Waals surface area (Å²) in [6.07, 6.45) is -0.0796. The van der Waals surface area contributed by atoms with Crippen molar-refractivity contribution in [2.45, 2.75) is 76.0 Å². The second kappa shape index (κ2) is 7.83. The molecule has 0 radical (unpaired) electrons. The lowest BCUT2D eigenvalue weighted by Gasteiger charge is -2.37. The summed E-state index contributed by atoms with van der Waals surface area (Å²) in [6.45, 7) is 13.1. The minimum atomic E-state index is -2.01. The molecular weight excluding hydrogens is 472 g/mol. The van der Waals surface area contributed by atoms with Crippen molar-refractivity contribution < 1.29 is 24.5 Å². The van der Waals surface area contributed by atoms with Crippen molar-refractivity contribution >= 4 is 19.1 Å². The summed E-state index contributed by atoms with van der Waals surface area (Å²) in [5.41, 5.74) is -0.125. The highest BCUT2D eigenvalue weighted by Gasteiger charge is 2.66. The van der Waals surface area contributed by atoms with Gasteiger partial charge in [-0.1, -0.05) is 45.0 Å². The highest BCUT2D eigenvalue weighted by molar-refractivity contribution is 6.74. The summed E-state index contributed by atoms with van der Waals surface area (Å²) in [4.78, 5) is 0. The zero-order valence-electron chi connectivity index (χ0n) is 21.7. The number of hydrogen-bond donors (Lipinski definition) is 3. The molecule has 0 saturated carbocycles. The Hall–Kier alpha value is -2.83. The van der Waals surface area contributed by atoms with E-state index in [-0.39, 0.29) is 16.8 Å². The smallest absolute Gasteiger partial charge is 0.205 e. The van der Waals surface area contributed by atoms with Crippen LogP contribution in [0.15, 0.2) is 36.4 Å². The fourth-order valence-corrected chi connectivity index (χ4v) is 6.66. The first-order chi connectivity index (χ1) is 16.8. The number of benzene rings is 2. The zero-order chi connectivity index (χ0) is 26.3. The fraction of sp³-hybridized carbons (Fsp3) is 0.464. The Morgan fingerprint density at radius 2 is 1.75 bits per heavy atom. The monoisotopic (exact) mass is 506 g/mol. The summed E-state index contributed by atoms with van der Waals surface area (Å²) < 4.78 is 14.3. The molecule has 190 valence electrons. The molecule has 1 fully saturated rings.